The van der Waals surface area contributed by atoms with E-state index in [0.717, 1.165) is 0 Å². The van der Waals surface area contributed by atoms with E-state index >= 15 is 0 Å². The molecule has 0 atom stereocenters. The average molecular weight is 364 g/mol. The number of amides is 2. The highest BCUT2D eigenvalue weighted by Crippen LogP contribution is 2.20. The van der Waals surface area contributed by atoms with Crippen LogP contribution in [0, 0.1) is 0 Å². The highest BCUT2D eigenvalue weighted by molar-refractivity contribution is 7.89. The summed E-state index contributed by atoms with van der Waals surface area (Å²) in [5.41, 5.74) is 5.57. The molecule has 3 rings (SSSR count). The number of carbonyl (C=O) groups is 2. The number of rotatable bonds is 4. The Morgan fingerprint density at radius 3 is 2.24 bits per heavy atom. The summed E-state index contributed by atoms with van der Waals surface area (Å²) in [7, 11) is -3.88. The standard InChI is InChI=1S/C15H16N4O5S/c16-14(20)12-1-2-13(24-12)25(22,23)19-9-7-18(8-10-19)15(21)11-3-5-17-6-4-11/h1-6H,7-10H2,(H2,16,20). The van der Waals surface area contributed by atoms with Gasteiger partial charge in [-0.25, -0.2) is 8.42 Å². The second kappa shape index (κ2) is 6.65. The van der Waals surface area contributed by atoms with Crippen LogP contribution in [0.4, 0.5) is 0 Å². The van der Waals surface area contributed by atoms with E-state index in [-0.39, 0.29) is 42.9 Å². The number of nitrogens with two attached hydrogens (primary N) is 1. The zero-order chi connectivity index (χ0) is 18.0. The highest BCUT2D eigenvalue weighted by atomic mass is 32.2. The SMILES string of the molecule is NC(=O)c1ccc(S(=O)(=O)N2CCN(C(=O)c3ccncc3)CC2)o1. The second-order valence-electron chi connectivity index (χ2n) is 5.42. The number of hydrogen-bond acceptors (Lipinski definition) is 6. The van der Waals surface area contributed by atoms with Gasteiger partial charge in [0.05, 0.1) is 0 Å². The summed E-state index contributed by atoms with van der Waals surface area (Å²) in [6.07, 6.45) is 3.06. The zero-order valence-electron chi connectivity index (χ0n) is 13.2. The molecule has 1 fully saturated rings. The Morgan fingerprint density at radius 1 is 1.04 bits per heavy atom. The number of carbonyl (C=O) groups excluding carboxylic acids is 2. The lowest BCUT2D eigenvalue weighted by molar-refractivity contribution is 0.0696. The van der Waals surface area contributed by atoms with Gasteiger partial charge in [0.1, 0.15) is 0 Å². The quantitative estimate of drug-likeness (QED) is 0.808. The first-order valence-corrected chi connectivity index (χ1v) is 8.92. The van der Waals surface area contributed by atoms with Crippen LogP contribution in [-0.2, 0) is 10.0 Å². The van der Waals surface area contributed by atoms with E-state index in [2.05, 4.69) is 4.98 Å². The molecular weight excluding hydrogens is 348 g/mol. The minimum Gasteiger partial charge on any atom is -0.438 e. The fraction of sp³-hybridized carbons (Fsp3) is 0.267. The monoisotopic (exact) mass is 364 g/mol. The Balaban J connectivity index is 1.69. The number of hydrogen-bond donors (Lipinski definition) is 1. The van der Waals surface area contributed by atoms with E-state index in [1.165, 1.54) is 28.8 Å². The maximum absolute atomic E-state index is 12.5. The van der Waals surface area contributed by atoms with Gasteiger partial charge in [-0.15, -0.1) is 0 Å². The van der Waals surface area contributed by atoms with Gasteiger partial charge in [0.15, 0.2) is 5.76 Å². The fourth-order valence-electron chi connectivity index (χ4n) is 2.53. The van der Waals surface area contributed by atoms with Gasteiger partial charge in [0.2, 0.25) is 5.09 Å². The molecule has 1 saturated heterocycles. The molecule has 9 nitrogen and oxygen atoms in total. The van der Waals surface area contributed by atoms with Crippen molar-refractivity contribution in [3.8, 4) is 0 Å². The number of piperazine rings is 1. The lowest BCUT2D eigenvalue weighted by Crippen LogP contribution is -2.50. The van der Waals surface area contributed by atoms with Crippen molar-refractivity contribution in [1.82, 2.24) is 14.2 Å². The third kappa shape index (κ3) is 3.39. The summed E-state index contributed by atoms with van der Waals surface area (Å²) in [6.45, 7) is 0.769. The minimum atomic E-state index is -3.88. The van der Waals surface area contributed by atoms with Crippen molar-refractivity contribution in [1.29, 1.82) is 0 Å². The molecule has 0 radical (unpaired) electrons. The molecule has 0 aliphatic carbocycles. The van der Waals surface area contributed by atoms with Crippen molar-refractivity contribution in [2.24, 2.45) is 5.73 Å². The van der Waals surface area contributed by atoms with Crippen LogP contribution in [0.3, 0.4) is 0 Å². The van der Waals surface area contributed by atoms with Crippen LogP contribution in [-0.4, -0.2) is 60.6 Å². The van der Waals surface area contributed by atoms with Crippen LogP contribution < -0.4 is 5.73 Å². The number of sulfonamides is 1. The van der Waals surface area contributed by atoms with Crippen molar-refractivity contribution >= 4 is 21.8 Å². The Labute approximate surface area is 144 Å². The normalized spacial score (nSPS) is 15.9. The highest BCUT2D eigenvalue weighted by Gasteiger charge is 2.32. The summed E-state index contributed by atoms with van der Waals surface area (Å²) in [6, 6.07) is 5.64. The molecule has 2 aromatic heterocycles. The molecule has 2 amide bonds. The molecule has 2 N–H and O–H groups in total. The first kappa shape index (κ1) is 17.1. The van der Waals surface area contributed by atoms with E-state index < -0.39 is 15.9 Å². The zero-order valence-corrected chi connectivity index (χ0v) is 14.0. The summed E-state index contributed by atoms with van der Waals surface area (Å²) < 4.78 is 31.3. The maximum atomic E-state index is 12.5. The Morgan fingerprint density at radius 2 is 1.68 bits per heavy atom. The number of pyridine rings is 1. The summed E-state index contributed by atoms with van der Waals surface area (Å²) >= 11 is 0. The molecule has 0 bridgehead atoms. The van der Waals surface area contributed by atoms with E-state index in [9.17, 15) is 18.0 Å². The Bertz CT molecular complexity index is 886. The van der Waals surface area contributed by atoms with Crippen LogP contribution in [0.1, 0.15) is 20.9 Å². The topological polar surface area (TPSA) is 127 Å². The third-order valence-corrected chi connectivity index (χ3v) is 5.64. The molecule has 0 saturated carbocycles. The van der Waals surface area contributed by atoms with Crippen molar-refractivity contribution in [3.63, 3.8) is 0 Å². The molecule has 0 aromatic carbocycles. The summed E-state index contributed by atoms with van der Waals surface area (Å²) in [4.78, 5) is 28.9. The molecule has 1 aliphatic rings. The van der Waals surface area contributed by atoms with Gasteiger partial charge in [-0.05, 0) is 24.3 Å². The van der Waals surface area contributed by atoms with Gasteiger partial charge in [0, 0.05) is 44.1 Å². The van der Waals surface area contributed by atoms with Gasteiger partial charge in [0.25, 0.3) is 21.8 Å². The lowest BCUT2D eigenvalue weighted by Gasteiger charge is -2.33. The molecule has 3 heterocycles. The summed E-state index contributed by atoms with van der Waals surface area (Å²) in [5.74, 6) is -1.23. The van der Waals surface area contributed by atoms with E-state index in [0.29, 0.717) is 5.56 Å². The van der Waals surface area contributed by atoms with Crippen LogP contribution >= 0.6 is 0 Å². The summed E-state index contributed by atoms with van der Waals surface area (Å²) in [5, 5.41) is -0.338. The first-order valence-electron chi connectivity index (χ1n) is 7.48. The Kier molecular flexibility index (Phi) is 4.55. The fourth-order valence-corrected chi connectivity index (χ4v) is 3.86. The third-order valence-electron chi connectivity index (χ3n) is 3.87. The van der Waals surface area contributed by atoms with Gasteiger partial charge < -0.3 is 15.1 Å². The van der Waals surface area contributed by atoms with Crippen molar-refractivity contribution in [3.05, 3.63) is 48.0 Å². The number of aromatic nitrogens is 1. The molecule has 0 spiro atoms. The van der Waals surface area contributed by atoms with Gasteiger partial charge in [-0.2, -0.15) is 4.31 Å². The molecule has 132 valence electrons. The number of furan rings is 1. The predicted octanol–water partition coefficient (Wildman–Crippen LogP) is -0.0798. The number of nitrogens with zero attached hydrogens (tertiary/aromatic N) is 3. The molecule has 1 aliphatic heterocycles. The van der Waals surface area contributed by atoms with E-state index in [1.807, 2.05) is 0 Å². The maximum Gasteiger partial charge on any atom is 0.284 e. The van der Waals surface area contributed by atoms with Crippen molar-refractivity contribution < 1.29 is 22.4 Å². The van der Waals surface area contributed by atoms with Gasteiger partial charge in [-0.1, -0.05) is 0 Å². The molecule has 25 heavy (non-hydrogen) atoms. The van der Waals surface area contributed by atoms with Gasteiger partial charge >= 0.3 is 0 Å². The smallest absolute Gasteiger partial charge is 0.284 e. The van der Waals surface area contributed by atoms with Crippen molar-refractivity contribution in [2.75, 3.05) is 26.2 Å². The lowest BCUT2D eigenvalue weighted by atomic mass is 10.2. The molecule has 2 aromatic rings. The minimum absolute atomic E-state index is 0.131. The van der Waals surface area contributed by atoms with Crippen LogP contribution in [0.25, 0.3) is 0 Å². The molecular formula is C15H16N4O5S. The molecule has 10 heteroatoms. The van der Waals surface area contributed by atoms with Crippen LogP contribution in [0.2, 0.25) is 0 Å². The van der Waals surface area contributed by atoms with Crippen LogP contribution in [0.15, 0.2) is 46.2 Å². The Hall–Kier alpha value is -2.72. The predicted molar refractivity (Wildman–Crippen MR) is 86.1 cm³/mol. The van der Waals surface area contributed by atoms with E-state index in [4.69, 9.17) is 10.2 Å². The largest absolute Gasteiger partial charge is 0.438 e. The average Bonchev–Trinajstić information content (AvgIpc) is 3.13. The molecule has 0 unspecified atom stereocenters. The first-order chi connectivity index (χ1) is 11.9. The van der Waals surface area contributed by atoms with Crippen LogP contribution in [0.5, 0.6) is 0 Å². The van der Waals surface area contributed by atoms with Gasteiger partial charge in [-0.3, -0.25) is 14.6 Å². The second-order valence-corrected chi connectivity index (χ2v) is 7.28. The van der Waals surface area contributed by atoms with E-state index in [1.54, 1.807) is 17.0 Å². The van der Waals surface area contributed by atoms with Crippen molar-refractivity contribution in [2.45, 2.75) is 5.09 Å². The number of primary amides is 1.